The topological polar surface area (TPSA) is 59.2 Å². The fourth-order valence-corrected chi connectivity index (χ4v) is 3.57. The summed E-state index contributed by atoms with van der Waals surface area (Å²) in [6.45, 7) is 3.75. The van der Waals surface area contributed by atoms with Gasteiger partial charge in [0.2, 0.25) is 11.8 Å². The summed E-state index contributed by atoms with van der Waals surface area (Å²) in [7, 11) is 0. The van der Waals surface area contributed by atoms with Gasteiger partial charge >= 0.3 is 0 Å². The fourth-order valence-electron chi connectivity index (χ4n) is 3.57. The van der Waals surface area contributed by atoms with E-state index in [-0.39, 0.29) is 11.8 Å². The van der Waals surface area contributed by atoms with Crippen molar-refractivity contribution in [3.05, 3.63) is 11.7 Å². The first-order valence-electron chi connectivity index (χ1n) is 8.39. The van der Waals surface area contributed by atoms with E-state index in [9.17, 15) is 4.79 Å². The van der Waals surface area contributed by atoms with Gasteiger partial charge in [0.15, 0.2) is 5.82 Å². The third-order valence-electron chi connectivity index (χ3n) is 4.74. The molecule has 3 rings (SSSR count). The van der Waals surface area contributed by atoms with Gasteiger partial charge in [-0.25, -0.2) is 0 Å². The van der Waals surface area contributed by atoms with E-state index >= 15 is 0 Å². The van der Waals surface area contributed by atoms with Crippen LogP contribution in [-0.2, 0) is 11.2 Å². The molecule has 1 atom stereocenters. The van der Waals surface area contributed by atoms with E-state index in [2.05, 4.69) is 17.1 Å². The molecule has 1 aromatic heterocycles. The monoisotopic (exact) mass is 291 g/mol. The van der Waals surface area contributed by atoms with Gasteiger partial charge in [-0.15, -0.1) is 0 Å². The minimum absolute atomic E-state index is 0.224. The highest BCUT2D eigenvalue weighted by molar-refractivity contribution is 5.79. The van der Waals surface area contributed by atoms with Gasteiger partial charge in [-0.1, -0.05) is 24.9 Å². The van der Waals surface area contributed by atoms with Gasteiger partial charge in [0, 0.05) is 25.4 Å². The Bertz CT molecular complexity index is 480. The average Bonchev–Trinajstić information content (AvgIpc) is 3.18. The van der Waals surface area contributed by atoms with Crippen molar-refractivity contribution in [3.63, 3.8) is 0 Å². The molecule has 0 bridgehead atoms. The number of hydrogen-bond donors (Lipinski definition) is 0. The van der Waals surface area contributed by atoms with Crippen LogP contribution in [0.4, 0.5) is 0 Å². The largest absolute Gasteiger partial charge is 0.342 e. The highest BCUT2D eigenvalue weighted by Gasteiger charge is 2.32. The molecule has 21 heavy (non-hydrogen) atoms. The molecule has 0 unspecified atom stereocenters. The van der Waals surface area contributed by atoms with E-state index in [1.54, 1.807) is 0 Å². The zero-order valence-corrected chi connectivity index (χ0v) is 12.9. The van der Waals surface area contributed by atoms with E-state index in [0.717, 1.165) is 63.3 Å². The number of carbonyl (C=O) groups excluding carboxylic acids is 1. The van der Waals surface area contributed by atoms with Crippen LogP contribution < -0.4 is 0 Å². The second kappa shape index (κ2) is 6.58. The summed E-state index contributed by atoms with van der Waals surface area (Å²) in [6.07, 6.45) is 8.52. The van der Waals surface area contributed by atoms with Gasteiger partial charge < -0.3 is 9.42 Å². The molecule has 1 saturated carbocycles. The number of carbonyl (C=O) groups is 1. The van der Waals surface area contributed by atoms with Crippen LogP contribution in [0, 0.1) is 5.92 Å². The Kier molecular flexibility index (Phi) is 4.56. The van der Waals surface area contributed by atoms with Gasteiger partial charge in [0.05, 0.1) is 5.92 Å². The molecule has 0 aromatic carbocycles. The standard InChI is InChI=1S/C16H25N3O2/c1-2-6-14-17-15(21-18-14)13-9-5-10-19(11-13)16(20)12-7-3-4-8-12/h12-13H,2-11H2,1H3/t13-/m1/s1. The summed E-state index contributed by atoms with van der Waals surface area (Å²) in [5.41, 5.74) is 0. The number of likely N-dealkylation sites (tertiary alicyclic amines) is 1. The number of nitrogens with zero attached hydrogens (tertiary/aromatic N) is 3. The van der Waals surface area contributed by atoms with Crippen LogP contribution in [0.15, 0.2) is 4.52 Å². The predicted octanol–water partition coefficient (Wildman–Crippen LogP) is 2.92. The Morgan fingerprint density at radius 2 is 2.10 bits per heavy atom. The number of hydrogen-bond acceptors (Lipinski definition) is 4. The second-order valence-corrected chi connectivity index (χ2v) is 6.40. The van der Waals surface area contributed by atoms with Crippen molar-refractivity contribution in [3.8, 4) is 0 Å². The number of aromatic nitrogens is 2. The highest BCUT2D eigenvalue weighted by atomic mass is 16.5. The third kappa shape index (κ3) is 3.27. The molecule has 2 fully saturated rings. The Labute approximate surface area is 126 Å². The quantitative estimate of drug-likeness (QED) is 0.856. The molecule has 1 saturated heterocycles. The van der Waals surface area contributed by atoms with Crippen LogP contribution in [0.3, 0.4) is 0 Å². The smallest absolute Gasteiger partial charge is 0.231 e. The third-order valence-corrected chi connectivity index (χ3v) is 4.74. The molecule has 5 heteroatoms. The van der Waals surface area contributed by atoms with E-state index in [1.807, 2.05) is 4.90 Å². The molecule has 0 radical (unpaired) electrons. The Morgan fingerprint density at radius 1 is 1.29 bits per heavy atom. The fraction of sp³-hybridized carbons (Fsp3) is 0.812. The lowest BCUT2D eigenvalue weighted by Crippen LogP contribution is -2.41. The lowest BCUT2D eigenvalue weighted by Gasteiger charge is -2.32. The molecule has 1 aliphatic carbocycles. The number of aryl methyl sites for hydroxylation is 1. The molecule has 1 aromatic rings. The molecule has 1 amide bonds. The average molecular weight is 291 g/mol. The zero-order valence-electron chi connectivity index (χ0n) is 12.9. The van der Waals surface area contributed by atoms with Crippen LogP contribution in [0.25, 0.3) is 0 Å². The molecule has 0 N–H and O–H groups in total. The summed E-state index contributed by atoms with van der Waals surface area (Å²) in [6, 6.07) is 0. The Hall–Kier alpha value is -1.39. The lowest BCUT2D eigenvalue weighted by atomic mass is 9.96. The maximum atomic E-state index is 12.5. The van der Waals surface area contributed by atoms with Crippen molar-refractivity contribution >= 4 is 5.91 Å². The zero-order chi connectivity index (χ0) is 14.7. The van der Waals surface area contributed by atoms with Gasteiger partial charge in [0.25, 0.3) is 0 Å². The molecular formula is C16H25N3O2. The molecule has 2 heterocycles. The van der Waals surface area contributed by atoms with Crippen molar-refractivity contribution < 1.29 is 9.32 Å². The van der Waals surface area contributed by atoms with E-state index in [4.69, 9.17) is 4.52 Å². The number of piperidine rings is 1. The summed E-state index contributed by atoms with van der Waals surface area (Å²) in [5, 5.41) is 4.04. The molecule has 0 spiro atoms. The van der Waals surface area contributed by atoms with E-state index < -0.39 is 0 Å². The maximum absolute atomic E-state index is 12.5. The van der Waals surface area contributed by atoms with Gasteiger partial charge in [-0.3, -0.25) is 4.79 Å². The van der Waals surface area contributed by atoms with Crippen molar-refractivity contribution in [1.82, 2.24) is 15.0 Å². The van der Waals surface area contributed by atoms with Gasteiger partial charge in [-0.05, 0) is 32.1 Å². The van der Waals surface area contributed by atoms with Crippen LogP contribution in [0.2, 0.25) is 0 Å². The summed E-state index contributed by atoms with van der Waals surface area (Å²) >= 11 is 0. The van der Waals surface area contributed by atoms with Crippen molar-refractivity contribution in [2.24, 2.45) is 5.92 Å². The molecule has 116 valence electrons. The first-order valence-corrected chi connectivity index (χ1v) is 8.39. The summed E-state index contributed by atoms with van der Waals surface area (Å²) < 4.78 is 5.41. The van der Waals surface area contributed by atoms with Crippen LogP contribution in [0.5, 0.6) is 0 Å². The molecule has 1 aliphatic heterocycles. The second-order valence-electron chi connectivity index (χ2n) is 6.40. The number of amides is 1. The molecule has 2 aliphatic rings. The van der Waals surface area contributed by atoms with Gasteiger partial charge in [-0.2, -0.15) is 4.98 Å². The SMILES string of the molecule is CCCc1noc([C@@H]2CCCN(C(=O)C3CCCC3)C2)n1. The van der Waals surface area contributed by atoms with Crippen LogP contribution in [-0.4, -0.2) is 34.0 Å². The summed E-state index contributed by atoms with van der Waals surface area (Å²) in [4.78, 5) is 19.1. The Morgan fingerprint density at radius 3 is 2.86 bits per heavy atom. The summed E-state index contributed by atoms with van der Waals surface area (Å²) in [5.74, 6) is 2.36. The maximum Gasteiger partial charge on any atom is 0.231 e. The highest BCUT2D eigenvalue weighted by Crippen LogP contribution is 2.31. The van der Waals surface area contributed by atoms with Gasteiger partial charge in [0.1, 0.15) is 0 Å². The Balaban J connectivity index is 1.63. The molecule has 5 nitrogen and oxygen atoms in total. The van der Waals surface area contributed by atoms with E-state index in [0.29, 0.717) is 5.91 Å². The normalized spacial score (nSPS) is 23.7. The lowest BCUT2D eigenvalue weighted by molar-refractivity contribution is -0.136. The van der Waals surface area contributed by atoms with Crippen LogP contribution >= 0.6 is 0 Å². The van der Waals surface area contributed by atoms with Crippen molar-refractivity contribution in [2.45, 2.75) is 64.2 Å². The van der Waals surface area contributed by atoms with Crippen molar-refractivity contribution in [2.75, 3.05) is 13.1 Å². The van der Waals surface area contributed by atoms with Crippen molar-refractivity contribution in [1.29, 1.82) is 0 Å². The molecular weight excluding hydrogens is 266 g/mol. The van der Waals surface area contributed by atoms with E-state index in [1.165, 1.54) is 12.8 Å². The minimum atomic E-state index is 0.224. The first kappa shape index (κ1) is 14.5. The first-order chi connectivity index (χ1) is 10.3. The minimum Gasteiger partial charge on any atom is -0.342 e. The number of rotatable bonds is 4. The van der Waals surface area contributed by atoms with Crippen LogP contribution in [0.1, 0.15) is 69.5 Å². The predicted molar refractivity (Wildman–Crippen MR) is 78.8 cm³/mol.